The van der Waals surface area contributed by atoms with Crippen LogP contribution in [0.5, 0.6) is 0 Å². The minimum atomic E-state index is -1.13. The summed E-state index contributed by atoms with van der Waals surface area (Å²) in [4.78, 5) is 56.3. The zero-order valence-corrected chi connectivity index (χ0v) is 30.4. The molecule has 0 aliphatic carbocycles. The summed E-state index contributed by atoms with van der Waals surface area (Å²) in [6, 6.07) is 19.8. The lowest BCUT2D eigenvalue weighted by Gasteiger charge is -2.32. The van der Waals surface area contributed by atoms with Gasteiger partial charge in [-0.15, -0.1) is 0 Å². The van der Waals surface area contributed by atoms with Crippen molar-refractivity contribution in [3.05, 3.63) is 90.1 Å². The van der Waals surface area contributed by atoms with Gasteiger partial charge in [0.05, 0.1) is 32.1 Å². The number of carbonyl (C=O) groups excluding carboxylic acids is 4. The van der Waals surface area contributed by atoms with Gasteiger partial charge in [-0.1, -0.05) is 101 Å². The highest BCUT2D eigenvalue weighted by Gasteiger charge is 2.33. The number of rotatable bonds is 18. The van der Waals surface area contributed by atoms with E-state index < -0.39 is 54.3 Å². The second kappa shape index (κ2) is 20.6. The summed E-state index contributed by atoms with van der Waals surface area (Å²) in [6.07, 6.45) is 1.08. The van der Waals surface area contributed by atoms with Crippen molar-refractivity contribution in [3.63, 3.8) is 0 Å². The van der Waals surface area contributed by atoms with Crippen molar-refractivity contribution in [3.8, 4) is 11.3 Å². The van der Waals surface area contributed by atoms with E-state index in [9.17, 15) is 24.3 Å². The van der Waals surface area contributed by atoms with Crippen molar-refractivity contribution in [2.45, 2.75) is 90.1 Å². The van der Waals surface area contributed by atoms with Crippen LogP contribution in [0.15, 0.2) is 79.0 Å². The van der Waals surface area contributed by atoms with E-state index in [-0.39, 0.29) is 24.7 Å². The molecule has 1 aromatic heterocycles. The Kier molecular flexibility index (Phi) is 16.4. The highest BCUT2D eigenvalue weighted by Crippen LogP contribution is 2.20. The van der Waals surface area contributed by atoms with Crippen LogP contribution in [0.4, 0.5) is 9.59 Å². The predicted molar refractivity (Wildman–Crippen MR) is 196 cm³/mol. The summed E-state index contributed by atoms with van der Waals surface area (Å²) in [5.74, 6) is -1.31. The number of carbonyl (C=O) groups is 4. The molecule has 0 saturated heterocycles. The van der Waals surface area contributed by atoms with E-state index in [0.717, 1.165) is 22.4 Å². The van der Waals surface area contributed by atoms with Gasteiger partial charge >= 0.3 is 12.2 Å². The Bertz CT molecular complexity index is 1520. The molecule has 0 aliphatic rings. The minimum absolute atomic E-state index is 0.0649. The van der Waals surface area contributed by atoms with Crippen LogP contribution in [-0.2, 0) is 31.9 Å². The number of aliphatic hydroxyl groups excluding tert-OH is 1. The standard InChI is InChI=1S/C39H53N5O7/c1-7-25(3)34(43-38(48)50-5)36(46)41-30(22-28-17-19-29(20-18-28)31-16-12-13-21-40-31)24-33(45)32(23-27-14-10-9-11-15-27)42-37(47)35(26(4)8-2)44-39(49)51-6/h9-21,25-26,30,32-35,45H,7-8,22-24H2,1-6H3,(H,41,46)(H,42,47)(H,43,48)(H,44,49)/t25?,26?,30-,32-,33-,34-,35+/m0/s1. The van der Waals surface area contributed by atoms with Gasteiger partial charge < -0.3 is 35.8 Å². The van der Waals surface area contributed by atoms with Crippen LogP contribution in [-0.4, -0.2) is 78.6 Å². The third-order valence-corrected chi connectivity index (χ3v) is 9.27. The Morgan fingerprint density at radius 2 is 1.22 bits per heavy atom. The molecule has 5 N–H and O–H groups in total. The second-order valence-electron chi connectivity index (χ2n) is 12.9. The fraction of sp³-hybridized carbons (Fsp3) is 0.462. The maximum absolute atomic E-state index is 13.8. The molecule has 3 aromatic rings. The van der Waals surface area contributed by atoms with Gasteiger partial charge in [0.2, 0.25) is 11.8 Å². The minimum Gasteiger partial charge on any atom is -0.453 e. The van der Waals surface area contributed by atoms with Crippen molar-refractivity contribution >= 4 is 24.0 Å². The van der Waals surface area contributed by atoms with E-state index in [1.165, 1.54) is 14.2 Å². The Morgan fingerprint density at radius 3 is 1.73 bits per heavy atom. The number of hydrogen-bond acceptors (Lipinski definition) is 8. The number of nitrogens with one attached hydrogen (secondary N) is 4. The van der Waals surface area contributed by atoms with Gasteiger partial charge in [-0.05, 0) is 54.4 Å². The van der Waals surface area contributed by atoms with E-state index in [4.69, 9.17) is 9.47 Å². The lowest BCUT2D eigenvalue weighted by atomic mass is 9.91. The number of amides is 4. The molecule has 276 valence electrons. The summed E-state index contributed by atoms with van der Waals surface area (Å²) >= 11 is 0. The third-order valence-electron chi connectivity index (χ3n) is 9.27. The molecule has 4 amide bonds. The quantitative estimate of drug-likeness (QED) is 0.126. The summed E-state index contributed by atoms with van der Waals surface area (Å²) < 4.78 is 9.56. The average molecular weight is 704 g/mol. The third kappa shape index (κ3) is 12.7. The molecule has 7 atom stereocenters. The van der Waals surface area contributed by atoms with Crippen LogP contribution in [0.25, 0.3) is 11.3 Å². The lowest BCUT2D eigenvalue weighted by molar-refractivity contribution is -0.127. The van der Waals surface area contributed by atoms with Gasteiger partial charge in [-0.3, -0.25) is 14.6 Å². The van der Waals surface area contributed by atoms with E-state index >= 15 is 0 Å². The van der Waals surface area contributed by atoms with Crippen molar-refractivity contribution in [2.75, 3.05) is 14.2 Å². The zero-order chi connectivity index (χ0) is 37.3. The van der Waals surface area contributed by atoms with Crippen LogP contribution in [0, 0.1) is 11.8 Å². The van der Waals surface area contributed by atoms with Gasteiger partial charge in [0.1, 0.15) is 12.1 Å². The lowest BCUT2D eigenvalue weighted by Crippen LogP contribution is -2.57. The molecule has 12 heteroatoms. The molecule has 2 aromatic carbocycles. The summed E-state index contributed by atoms with van der Waals surface area (Å²) in [6.45, 7) is 7.55. The number of pyridine rings is 1. The Morgan fingerprint density at radius 1 is 0.686 bits per heavy atom. The van der Waals surface area contributed by atoms with Gasteiger partial charge in [0, 0.05) is 17.8 Å². The van der Waals surface area contributed by atoms with Crippen LogP contribution >= 0.6 is 0 Å². The number of aliphatic hydroxyl groups is 1. The van der Waals surface area contributed by atoms with Gasteiger partial charge in [-0.2, -0.15) is 0 Å². The number of alkyl carbamates (subject to hydrolysis) is 2. The fourth-order valence-electron chi connectivity index (χ4n) is 5.77. The molecule has 0 saturated carbocycles. The molecule has 0 aliphatic heterocycles. The first-order chi connectivity index (χ1) is 24.5. The molecule has 1 heterocycles. The highest BCUT2D eigenvalue weighted by molar-refractivity contribution is 5.87. The van der Waals surface area contributed by atoms with Gasteiger partial charge in [0.15, 0.2) is 0 Å². The van der Waals surface area contributed by atoms with Crippen LogP contribution in [0.1, 0.15) is 58.1 Å². The topological polar surface area (TPSA) is 168 Å². The Labute approximate surface area is 301 Å². The fourth-order valence-corrected chi connectivity index (χ4v) is 5.77. The maximum Gasteiger partial charge on any atom is 0.407 e. The first-order valence-electron chi connectivity index (χ1n) is 17.5. The van der Waals surface area contributed by atoms with Gasteiger partial charge in [-0.25, -0.2) is 9.59 Å². The SMILES string of the molecule is CCC(C)[C@H](NC(=O)OC)C(=O)N[C@@H](Cc1ccc(-c2ccccn2)cc1)C[C@H](O)[C@H](Cc1ccccc1)NC(=O)[C@H](NC(=O)OC)C(C)CC. The van der Waals surface area contributed by atoms with Crippen molar-refractivity contribution in [2.24, 2.45) is 11.8 Å². The number of aromatic nitrogens is 1. The smallest absolute Gasteiger partial charge is 0.407 e. The maximum atomic E-state index is 13.8. The van der Waals surface area contributed by atoms with Crippen molar-refractivity contribution in [1.82, 2.24) is 26.3 Å². The molecular formula is C39H53N5O7. The summed E-state index contributed by atoms with van der Waals surface area (Å²) in [5, 5.41) is 23.2. The van der Waals surface area contributed by atoms with E-state index in [1.54, 1.807) is 6.20 Å². The summed E-state index contributed by atoms with van der Waals surface area (Å²) in [7, 11) is 2.47. The molecular weight excluding hydrogens is 650 g/mol. The first kappa shape index (κ1) is 40.5. The Hall–Kier alpha value is -4.97. The first-order valence-corrected chi connectivity index (χ1v) is 17.5. The molecule has 0 spiro atoms. The highest BCUT2D eigenvalue weighted by atomic mass is 16.5. The molecule has 12 nitrogen and oxygen atoms in total. The number of benzene rings is 2. The molecule has 0 fully saturated rings. The van der Waals surface area contributed by atoms with Crippen LogP contribution in [0.2, 0.25) is 0 Å². The molecule has 2 unspecified atom stereocenters. The van der Waals surface area contributed by atoms with E-state index in [0.29, 0.717) is 19.3 Å². The Balaban J connectivity index is 1.94. The number of methoxy groups -OCH3 is 2. The zero-order valence-electron chi connectivity index (χ0n) is 30.4. The normalized spacial score (nSPS) is 15.1. The monoisotopic (exact) mass is 703 g/mol. The predicted octanol–water partition coefficient (Wildman–Crippen LogP) is 4.80. The summed E-state index contributed by atoms with van der Waals surface area (Å²) in [5.41, 5.74) is 3.54. The average Bonchev–Trinajstić information content (AvgIpc) is 3.15. The number of nitrogens with zero attached hydrogens (tertiary/aromatic N) is 1. The molecule has 51 heavy (non-hydrogen) atoms. The number of ether oxygens (including phenoxy) is 2. The van der Waals surface area contributed by atoms with E-state index in [2.05, 4.69) is 26.3 Å². The van der Waals surface area contributed by atoms with Gasteiger partial charge in [0.25, 0.3) is 0 Å². The number of hydrogen-bond donors (Lipinski definition) is 5. The molecule has 0 radical (unpaired) electrons. The van der Waals surface area contributed by atoms with Crippen LogP contribution < -0.4 is 21.3 Å². The second-order valence-corrected chi connectivity index (χ2v) is 12.9. The van der Waals surface area contributed by atoms with Crippen molar-refractivity contribution < 1.29 is 33.8 Å². The molecule has 0 bridgehead atoms. The largest absolute Gasteiger partial charge is 0.453 e. The van der Waals surface area contributed by atoms with Crippen LogP contribution in [0.3, 0.4) is 0 Å². The van der Waals surface area contributed by atoms with Crippen molar-refractivity contribution in [1.29, 1.82) is 0 Å². The van der Waals surface area contributed by atoms with E-state index in [1.807, 2.05) is 100 Å². The molecule has 3 rings (SSSR count).